The minimum Gasteiger partial charge on any atom is -0.325 e. The molecule has 0 spiro atoms. The van der Waals surface area contributed by atoms with Gasteiger partial charge in [-0.1, -0.05) is 0 Å². The van der Waals surface area contributed by atoms with E-state index in [0.29, 0.717) is 6.04 Å². The predicted molar refractivity (Wildman–Crippen MR) is 55.8 cm³/mol. The van der Waals surface area contributed by atoms with Crippen molar-refractivity contribution in [1.29, 1.82) is 0 Å². The second kappa shape index (κ2) is 3.47. The molecule has 0 aromatic carbocycles. The van der Waals surface area contributed by atoms with Crippen molar-refractivity contribution < 1.29 is 8.42 Å². The zero-order valence-corrected chi connectivity index (χ0v) is 9.33. The van der Waals surface area contributed by atoms with Gasteiger partial charge in [-0.25, -0.2) is 8.42 Å². The molecule has 82 valence electrons. The Hall–Kier alpha value is -0.130. The van der Waals surface area contributed by atoms with Crippen LogP contribution in [-0.4, -0.2) is 49.5 Å². The molecular weight excluding hydrogens is 200 g/mol. The molecule has 0 radical (unpaired) electrons. The highest BCUT2D eigenvalue weighted by atomic mass is 32.2. The maximum absolute atomic E-state index is 11.4. The Morgan fingerprint density at radius 2 is 2.07 bits per heavy atom. The SMILES string of the molecule is CC1CCCN1C1CS(=O)(=O)CC1N. The molecule has 3 atom stereocenters. The van der Waals surface area contributed by atoms with E-state index in [1.54, 1.807) is 0 Å². The maximum Gasteiger partial charge on any atom is 0.153 e. The average Bonchev–Trinajstić information content (AvgIpc) is 2.55. The number of sulfone groups is 1. The van der Waals surface area contributed by atoms with Gasteiger partial charge in [-0.3, -0.25) is 4.90 Å². The molecule has 2 aliphatic heterocycles. The van der Waals surface area contributed by atoms with Gasteiger partial charge in [-0.05, 0) is 26.3 Å². The first-order valence-corrected chi connectivity index (χ1v) is 7.03. The third-order valence-corrected chi connectivity index (χ3v) is 5.14. The Balaban J connectivity index is 2.12. The Kier molecular flexibility index (Phi) is 2.57. The Morgan fingerprint density at radius 3 is 2.50 bits per heavy atom. The molecule has 2 fully saturated rings. The summed E-state index contributed by atoms with van der Waals surface area (Å²) in [4.78, 5) is 2.27. The molecular formula is C9H18N2O2S. The van der Waals surface area contributed by atoms with Crippen molar-refractivity contribution in [2.24, 2.45) is 5.73 Å². The zero-order valence-electron chi connectivity index (χ0n) is 8.52. The molecule has 4 nitrogen and oxygen atoms in total. The fourth-order valence-corrected chi connectivity index (χ4v) is 4.55. The summed E-state index contributed by atoms with van der Waals surface area (Å²) in [5.41, 5.74) is 5.88. The fourth-order valence-electron chi connectivity index (χ4n) is 2.65. The van der Waals surface area contributed by atoms with Gasteiger partial charge in [0.15, 0.2) is 9.84 Å². The average molecular weight is 218 g/mol. The Bertz CT molecular complexity index is 315. The van der Waals surface area contributed by atoms with E-state index in [1.165, 1.54) is 12.8 Å². The number of rotatable bonds is 1. The van der Waals surface area contributed by atoms with Crippen molar-refractivity contribution in [2.45, 2.75) is 37.9 Å². The number of likely N-dealkylation sites (tertiary alicyclic amines) is 1. The van der Waals surface area contributed by atoms with Crippen LogP contribution >= 0.6 is 0 Å². The van der Waals surface area contributed by atoms with Crippen LogP contribution in [0.2, 0.25) is 0 Å². The number of hydrogen-bond acceptors (Lipinski definition) is 4. The van der Waals surface area contributed by atoms with Crippen LogP contribution in [0.1, 0.15) is 19.8 Å². The lowest BCUT2D eigenvalue weighted by Crippen LogP contribution is -2.48. The zero-order chi connectivity index (χ0) is 10.3. The van der Waals surface area contributed by atoms with Crippen molar-refractivity contribution in [3.05, 3.63) is 0 Å². The molecule has 3 unspecified atom stereocenters. The molecule has 0 aliphatic carbocycles. The predicted octanol–water partition coefficient (Wildman–Crippen LogP) is -0.405. The van der Waals surface area contributed by atoms with E-state index >= 15 is 0 Å². The van der Waals surface area contributed by atoms with Crippen LogP contribution in [0, 0.1) is 0 Å². The summed E-state index contributed by atoms with van der Waals surface area (Å²) in [6.07, 6.45) is 2.34. The van der Waals surface area contributed by atoms with Crippen LogP contribution in [0.25, 0.3) is 0 Å². The maximum atomic E-state index is 11.4. The van der Waals surface area contributed by atoms with Crippen molar-refractivity contribution in [1.82, 2.24) is 4.90 Å². The molecule has 2 rings (SSSR count). The molecule has 0 bridgehead atoms. The smallest absolute Gasteiger partial charge is 0.153 e. The number of nitrogens with two attached hydrogens (primary N) is 1. The molecule has 14 heavy (non-hydrogen) atoms. The summed E-state index contributed by atoms with van der Waals surface area (Å²) in [5.74, 6) is 0.430. The molecule has 0 aromatic heterocycles. The standard InChI is InChI=1S/C9H18N2O2S/c1-7-3-2-4-11(7)9-6-14(12,13)5-8(9)10/h7-9H,2-6,10H2,1H3. The van der Waals surface area contributed by atoms with E-state index in [0.717, 1.165) is 6.54 Å². The van der Waals surface area contributed by atoms with Crippen LogP contribution in [0.3, 0.4) is 0 Å². The highest BCUT2D eigenvalue weighted by Crippen LogP contribution is 2.25. The Labute approximate surface area is 85.4 Å². The summed E-state index contributed by atoms with van der Waals surface area (Å²) in [6, 6.07) is 0.386. The lowest BCUT2D eigenvalue weighted by atomic mass is 10.1. The minimum absolute atomic E-state index is 0.0671. The lowest BCUT2D eigenvalue weighted by Gasteiger charge is -2.29. The van der Waals surface area contributed by atoms with Crippen LogP contribution < -0.4 is 5.73 Å². The molecule has 2 aliphatic rings. The van der Waals surface area contributed by atoms with Gasteiger partial charge < -0.3 is 5.73 Å². The summed E-state index contributed by atoms with van der Waals surface area (Å²) < 4.78 is 22.8. The van der Waals surface area contributed by atoms with Gasteiger partial charge >= 0.3 is 0 Å². The lowest BCUT2D eigenvalue weighted by molar-refractivity contribution is 0.192. The third-order valence-electron chi connectivity index (χ3n) is 3.40. The van der Waals surface area contributed by atoms with Gasteiger partial charge in [0.25, 0.3) is 0 Å². The first-order valence-electron chi connectivity index (χ1n) is 5.21. The van der Waals surface area contributed by atoms with Gasteiger partial charge in [-0.15, -0.1) is 0 Å². The number of hydrogen-bond donors (Lipinski definition) is 1. The molecule has 5 heteroatoms. The fraction of sp³-hybridized carbons (Fsp3) is 1.00. The van der Waals surface area contributed by atoms with Gasteiger partial charge in [0, 0.05) is 18.1 Å². The van der Waals surface area contributed by atoms with E-state index < -0.39 is 9.84 Å². The minimum atomic E-state index is -2.87. The van der Waals surface area contributed by atoms with Crippen LogP contribution in [0.4, 0.5) is 0 Å². The second-order valence-corrected chi connectivity index (χ2v) is 6.69. The van der Waals surface area contributed by atoms with E-state index in [1.807, 2.05) is 0 Å². The largest absolute Gasteiger partial charge is 0.325 e. The Morgan fingerprint density at radius 1 is 1.36 bits per heavy atom. The topological polar surface area (TPSA) is 63.4 Å². The van der Waals surface area contributed by atoms with Crippen LogP contribution in [0.5, 0.6) is 0 Å². The summed E-state index contributed by atoms with van der Waals surface area (Å²) in [5, 5.41) is 0. The quantitative estimate of drug-likeness (QED) is 0.650. The molecule has 2 saturated heterocycles. The first kappa shape index (κ1) is 10.4. The first-order chi connectivity index (χ1) is 6.49. The summed E-state index contributed by atoms with van der Waals surface area (Å²) in [7, 11) is -2.87. The van der Waals surface area contributed by atoms with Crippen molar-refractivity contribution >= 4 is 9.84 Å². The molecule has 0 amide bonds. The van der Waals surface area contributed by atoms with E-state index in [9.17, 15) is 8.42 Å². The molecule has 2 N–H and O–H groups in total. The van der Waals surface area contributed by atoms with Crippen molar-refractivity contribution in [3.63, 3.8) is 0 Å². The van der Waals surface area contributed by atoms with Crippen LogP contribution in [0.15, 0.2) is 0 Å². The van der Waals surface area contributed by atoms with Crippen molar-refractivity contribution in [2.75, 3.05) is 18.1 Å². The normalized spacial score (nSPS) is 43.1. The molecule has 2 heterocycles. The van der Waals surface area contributed by atoms with Crippen molar-refractivity contribution in [3.8, 4) is 0 Å². The summed E-state index contributed by atoms with van der Waals surface area (Å²) >= 11 is 0. The monoisotopic (exact) mass is 218 g/mol. The van der Waals surface area contributed by atoms with Gasteiger partial charge in [0.05, 0.1) is 11.5 Å². The third kappa shape index (κ3) is 1.81. The summed E-state index contributed by atoms with van der Waals surface area (Å²) in [6.45, 7) is 3.17. The van der Waals surface area contributed by atoms with Gasteiger partial charge in [-0.2, -0.15) is 0 Å². The highest BCUT2D eigenvalue weighted by molar-refractivity contribution is 7.91. The van der Waals surface area contributed by atoms with Gasteiger partial charge in [0.2, 0.25) is 0 Å². The highest BCUT2D eigenvalue weighted by Gasteiger charge is 2.41. The van der Waals surface area contributed by atoms with E-state index in [2.05, 4.69) is 11.8 Å². The van der Waals surface area contributed by atoms with Gasteiger partial charge in [0.1, 0.15) is 0 Å². The molecule has 0 saturated carbocycles. The van der Waals surface area contributed by atoms with E-state index in [4.69, 9.17) is 5.73 Å². The number of nitrogens with zero attached hydrogens (tertiary/aromatic N) is 1. The van der Waals surface area contributed by atoms with Crippen LogP contribution in [-0.2, 0) is 9.84 Å². The van der Waals surface area contributed by atoms with E-state index in [-0.39, 0.29) is 23.6 Å². The molecule has 0 aromatic rings. The second-order valence-electron chi connectivity index (χ2n) is 4.54.